The molecule has 0 heterocycles. The van der Waals surface area contributed by atoms with E-state index < -0.39 is 0 Å². The molecule has 126 valence electrons. The molecule has 5 aliphatic rings. The number of ketones is 1. The lowest BCUT2D eigenvalue weighted by Gasteiger charge is -2.54. The number of rotatable bonds is 5. The van der Waals surface area contributed by atoms with E-state index in [1.807, 2.05) is 19.0 Å². The quantitative estimate of drug-likeness (QED) is 0.481. The van der Waals surface area contributed by atoms with Gasteiger partial charge < -0.3 is 10.2 Å². The molecule has 4 nitrogen and oxygen atoms in total. The third-order valence-electron chi connectivity index (χ3n) is 6.37. The van der Waals surface area contributed by atoms with Gasteiger partial charge >= 0.3 is 0 Å². The molecule has 5 fully saturated rings. The highest BCUT2D eigenvalue weighted by atomic mass is 16.2. The number of hydrogen-bond acceptors (Lipinski definition) is 3. The van der Waals surface area contributed by atoms with Crippen molar-refractivity contribution in [1.82, 2.24) is 10.2 Å². The Kier molecular flexibility index (Phi) is 3.73. The van der Waals surface area contributed by atoms with E-state index in [2.05, 4.69) is 5.32 Å². The fourth-order valence-corrected chi connectivity index (χ4v) is 5.45. The number of Topliss-reactive ketones (excluding diaryl/α,β-unsaturated/α-hetero) is 1. The lowest BCUT2D eigenvalue weighted by atomic mass is 9.54. The van der Waals surface area contributed by atoms with Crippen LogP contribution in [0.3, 0.4) is 0 Å². The minimum absolute atomic E-state index is 0.0417. The second-order valence-corrected chi connectivity index (χ2v) is 8.57. The molecule has 0 aromatic heterocycles. The average molecular weight is 316 g/mol. The number of nitrogens with one attached hydrogen (secondary N) is 1. The van der Waals surface area contributed by atoms with Gasteiger partial charge in [-0.1, -0.05) is 0 Å². The maximum atomic E-state index is 12.8. The Morgan fingerprint density at radius 1 is 0.957 bits per heavy atom. The van der Waals surface area contributed by atoms with Crippen LogP contribution >= 0.6 is 0 Å². The lowest BCUT2D eigenvalue weighted by Crippen LogP contribution is -2.56. The molecule has 0 radical (unpaired) electrons. The van der Waals surface area contributed by atoms with Crippen LogP contribution in [0.15, 0.2) is 11.8 Å². The molecule has 4 bridgehead atoms. The highest BCUT2D eigenvalue weighted by Gasteiger charge is 2.49. The zero-order valence-corrected chi connectivity index (χ0v) is 14.3. The highest BCUT2D eigenvalue weighted by molar-refractivity contribution is 6.20. The second kappa shape index (κ2) is 5.64. The van der Waals surface area contributed by atoms with Crippen LogP contribution in [0.2, 0.25) is 0 Å². The topological polar surface area (TPSA) is 49.4 Å². The molecule has 5 saturated carbocycles. The van der Waals surface area contributed by atoms with Gasteiger partial charge in [-0.15, -0.1) is 0 Å². The molecule has 0 aromatic rings. The Bertz CT molecular complexity index is 520. The normalized spacial score (nSPS) is 38.5. The maximum absolute atomic E-state index is 12.8. The summed E-state index contributed by atoms with van der Waals surface area (Å²) < 4.78 is 0. The van der Waals surface area contributed by atoms with Gasteiger partial charge in [0.2, 0.25) is 0 Å². The SMILES string of the molecule is CN(C)/C=C(/C(=O)NC1C2CC3CC(C2)CC1C3)C(=O)C1CC1. The summed E-state index contributed by atoms with van der Waals surface area (Å²) in [5, 5.41) is 3.28. The molecule has 0 aromatic carbocycles. The Morgan fingerprint density at radius 3 is 2.00 bits per heavy atom. The number of hydrogen-bond donors (Lipinski definition) is 1. The van der Waals surface area contributed by atoms with Crippen LogP contribution in [0.25, 0.3) is 0 Å². The zero-order chi connectivity index (χ0) is 16.1. The molecule has 0 saturated heterocycles. The Balaban J connectivity index is 1.48. The Hall–Kier alpha value is -1.32. The lowest BCUT2D eigenvalue weighted by molar-refractivity contribution is -0.125. The summed E-state index contributed by atoms with van der Waals surface area (Å²) in [4.78, 5) is 27.1. The number of nitrogens with zero attached hydrogens (tertiary/aromatic N) is 1. The summed E-state index contributed by atoms with van der Waals surface area (Å²) in [7, 11) is 3.74. The summed E-state index contributed by atoms with van der Waals surface area (Å²) in [6.45, 7) is 0. The number of carbonyl (C=O) groups is 2. The van der Waals surface area contributed by atoms with Crippen molar-refractivity contribution in [2.24, 2.45) is 29.6 Å². The molecule has 0 spiro atoms. The third kappa shape index (κ3) is 2.92. The van der Waals surface area contributed by atoms with Crippen LogP contribution in [0.5, 0.6) is 0 Å². The van der Waals surface area contributed by atoms with E-state index >= 15 is 0 Å². The minimum atomic E-state index is -0.131. The van der Waals surface area contributed by atoms with E-state index in [0.717, 1.165) is 24.7 Å². The minimum Gasteiger partial charge on any atom is -0.383 e. The molecule has 1 N–H and O–H groups in total. The van der Waals surface area contributed by atoms with E-state index in [4.69, 9.17) is 0 Å². The Morgan fingerprint density at radius 2 is 1.52 bits per heavy atom. The number of carbonyl (C=O) groups excluding carboxylic acids is 2. The van der Waals surface area contributed by atoms with Gasteiger partial charge in [-0.05, 0) is 68.6 Å². The molecule has 5 aliphatic carbocycles. The van der Waals surface area contributed by atoms with E-state index in [-0.39, 0.29) is 17.6 Å². The first-order valence-corrected chi connectivity index (χ1v) is 9.24. The van der Waals surface area contributed by atoms with Gasteiger partial charge in [-0.25, -0.2) is 0 Å². The van der Waals surface area contributed by atoms with Crippen molar-refractivity contribution >= 4 is 11.7 Å². The van der Waals surface area contributed by atoms with Gasteiger partial charge in [0, 0.05) is 32.3 Å². The average Bonchev–Trinajstić information content (AvgIpc) is 3.31. The molecule has 0 aliphatic heterocycles. The second-order valence-electron chi connectivity index (χ2n) is 8.57. The monoisotopic (exact) mass is 316 g/mol. The van der Waals surface area contributed by atoms with Crippen molar-refractivity contribution in [3.8, 4) is 0 Å². The van der Waals surface area contributed by atoms with Crippen molar-refractivity contribution in [3.63, 3.8) is 0 Å². The van der Waals surface area contributed by atoms with Crippen LogP contribution < -0.4 is 5.32 Å². The smallest absolute Gasteiger partial charge is 0.256 e. The summed E-state index contributed by atoms with van der Waals surface area (Å²) in [6, 6.07) is 0.299. The van der Waals surface area contributed by atoms with E-state index in [9.17, 15) is 9.59 Å². The van der Waals surface area contributed by atoms with Gasteiger partial charge in [0.05, 0.1) is 5.57 Å². The van der Waals surface area contributed by atoms with E-state index in [0.29, 0.717) is 23.5 Å². The first kappa shape index (κ1) is 15.2. The van der Waals surface area contributed by atoms with Crippen molar-refractivity contribution < 1.29 is 9.59 Å². The van der Waals surface area contributed by atoms with Crippen LogP contribution in [0, 0.1) is 29.6 Å². The van der Waals surface area contributed by atoms with Crippen LogP contribution in [0.4, 0.5) is 0 Å². The largest absolute Gasteiger partial charge is 0.383 e. The predicted octanol–water partition coefficient (Wildman–Crippen LogP) is 2.35. The van der Waals surface area contributed by atoms with Crippen molar-refractivity contribution in [2.45, 2.75) is 51.0 Å². The van der Waals surface area contributed by atoms with Gasteiger partial charge in [0.15, 0.2) is 5.78 Å². The fraction of sp³-hybridized carbons (Fsp3) is 0.789. The number of amides is 1. The van der Waals surface area contributed by atoms with E-state index in [1.165, 1.54) is 32.1 Å². The first-order valence-electron chi connectivity index (χ1n) is 9.24. The van der Waals surface area contributed by atoms with Crippen molar-refractivity contribution in [3.05, 3.63) is 11.8 Å². The molecule has 5 rings (SSSR count). The fourth-order valence-electron chi connectivity index (χ4n) is 5.45. The molecule has 4 heteroatoms. The van der Waals surface area contributed by atoms with Gasteiger partial charge in [0.25, 0.3) is 5.91 Å². The molecular formula is C19H28N2O2. The standard InChI is InChI=1S/C19H28N2O2/c1-21(2)10-16(18(22)13-3-4-13)19(23)20-17-14-6-11-5-12(8-14)9-15(17)7-11/h10-15,17H,3-9H2,1-2H3,(H,20,23)/b16-10+. The molecule has 0 atom stereocenters. The van der Waals surface area contributed by atoms with E-state index in [1.54, 1.807) is 6.20 Å². The summed E-state index contributed by atoms with van der Waals surface area (Å²) in [5.41, 5.74) is 0.367. The Labute approximate surface area is 138 Å². The van der Waals surface area contributed by atoms with Gasteiger partial charge in [0.1, 0.15) is 0 Å². The zero-order valence-electron chi connectivity index (χ0n) is 14.3. The molecule has 23 heavy (non-hydrogen) atoms. The van der Waals surface area contributed by atoms with Crippen molar-refractivity contribution in [2.75, 3.05) is 14.1 Å². The van der Waals surface area contributed by atoms with Crippen LogP contribution in [-0.2, 0) is 9.59 Å². The summed E-state index contributed by atoms with van der Waals surface area (Å²) in [6.07, 6.45) is 10.1. The van der Waals surface area contributed by atoms with Crippen LogP contribution in [-0.4, -0.2) is 36.7 Å². The van der Waals surface area contributed by atoms with Gasteiger partial charge in [-0.3, -0.25) is 9.59 Å². The maximum Gasteiger partial charge on any atom is 0.256 e. The van der Waals surface area contributed by atoms with Gasteiger partial charge in [-0.2, -0.15) is 0 Å². The van der Waals surface area contributed by atoms with Crippen LogP contribution in [0.1, 0.15) is 44.9 Å². The summed E-state index contributed by atoms with van der Waals surface area (Å²) in [5.74, 6) is 3.09. The highest BCUT2D eigenvalue weighted by Crippen LogP contribution is 2.53. The predicted molar refractivity (Wildman–Crippen MR) is 88.5 cm³/mol. The molecule has 1 amide bonds. The molecule has 0 unspecified atom stereocenters. The third-order valence-corrected chi connectivity index (χ3v) is 6.37. The van der Waals surface area contributed by atoms with Crippen molar-refractivity contribution in [1.29, 1.82) is 0 Å². The molecular weight excluding hydrogens is 288 g/mol. The summed E-state index contributed by atoms with van der Waals surface area (Å²) >= 11 is 0. The first-order chi connectivity index (χ1) is 11.0.